The number of hydrogen-bond donors (Lipinski definition) is 2. The van der Waals surface area contributed by atoms with Gasteiger partial charge in [-0.3, -0.25) is 4.79 Å². The summed E-state index contributed by atoms with van der Waals surface area (Å²) in [5.41, 5.74) is 5.40. The lowest BCUT2D eigenvalue weighted by molar-refractivity contribution is 0.0999. The number of ether oxygens (including phenoxy) is 1. The Kier molecular flexibility index (Phi) is 3.94. The molecule has 0 spiro atoms. The van der Waals surface area contributed by atoms with Gasteiger partial charge in [0.2, 0.25) is 5.91 Å². The Morgan fingerprint density at radius 3 is 2.80 bits per heavy atom. The highest BCUT2D eigenvalue weighted by Gasteiger charge is 2.07. The van der Waals surface area contributed by atoms with Crippen molar-refractivity contribution in [3.63, 3.8) is 0 Å². The van der Waals surface area contributed by atoms with E-state index in [1.54, 1.807) is 13.0 Å². The molecule has 1 atom stereocenters. The standard InChI is InChI=1S/C10H12ClNO3/c1-6(13)5-15-9-3-2-7(10(12)14)4-8(9)11/h2-4,6,13H,5H2,1H3,(H2,12,14)/t6-/m1/s1. The highest BCUT2D eigenvalue weighted by molar-refractivity contribution is 6.32. The highest BCUT2D eigenvalue weighted by Crippen LogP contribution is 2.25. The Morgan fingerprint density at radius 2 is 2.33 bits per heavy atom. The maximum absolute atomic E-state index is 10.8. The summed E-state index contributed by atoms with van der Waals surface area (Å²) in [7, 11) is 0. The van der Waals surface area contributed by atoms with Crippen molar-refractivity contribution < 1.29 is 14.6 Å². The number of carbonyl (C=O) groups is 1. The lowest BCUT2D eigenvalue weighted by atomic mass is 10.2. The predicted octanol–water partition coefficient (Wildman–Crippen LogP) is 1.20. The Bertz CT molecular complexity index is 366. The van der Waals surface area contributed by atoms with Crippen molar-refractivity contribution in [2.75, 3.05) is 6.61 Å². The van der Waals surface area contributed by atoms with Crippen LogP contribution in [0.25, 0.3) is 0 Å². The average Bonchev–Trinajstić information content (AvgIpc) is 2.15. The van der Waals surface area contributed by atoms with Gasteiger partial charge in [-0.2, -0.15) is 0 Å². The van der Waals surface area contributed by atoms with Crippen LogP contribution in [-0.4, -0.2) is 23.7 Å². The molecule has 0 aromatic heterocycles. The summed E-state index contributed by atoms with van der Waals surface area (Å²) in [6, 6.07) is 4.50. The summed E-state index contributed by atoms with van der Waals surface area (Å²) in [6.07, 6.45) is -0.572. The van der Waals surface area contributed by atoms with Crippen LogP contribution in [0.15, 0.2) is 18.2 Å². The second-order valence-electron chi connectivity index (χ2n) is 3.17. The minimum absolute atomic E-state index is 0.148. The predicted molar refractivity (Wildman–Crippen MR) is 57.1 cm³/mol. The van der Waals surface area contributed by atoms with Gasteiger partial charge in [-0.15, -0.1) is 0 Å². The van der Waals surface area contributed by atoms with E-state index in [2.05, 4.69) is 0 Å². The van der Waals surface area contributed by atoms with E-state index in [1.807, 2.05) is 0 Å². The van der Waals surface area contributed by atoms with Crippen molar-refractivity contribution in [3.8, 4) is 5.75 Å². The van der Waals surface area contributed by atoms with Crippen LogP contribution < -0.4 is 10.5 Å². The first-order valence-corrected chi connectivity index (χ1v) is 4.78. The molecule has 0 heterocycles. The van der Waals surface area contributed by atoms with Gasteiger partial charge < -0.3 is 15.6 Å². The van der Waals surface area contributed by atoms with E-state index in [4.69, 9.17) is 27.2 Å². The molecule has 1 aromatic rings. The third kappa shape index (κ3) is 3.42. The van der Waals surface area contributed by atoms with Crippen molar-refractivity contribution in [2.24, 2.45) is 5.73 Å². The first kappa shape index (κ1) is 11.8. The van der Waals surface area contributed by atoms with Crippen LogP contribution in [-0.2, 0) is 0 Å². The fourth-order valence-corrected chi connectivity index (χ4v) is 1.22. The highest BCUT2D eigenvalue weighted by atomic mass is 35.5. The van der Waals surface area contributed by atoms with Crippen molar-refractivity contribution in [3.05, 3.63) is 28.8 Å². The molecular formula is C10H12ClNO3. The molecule has 5 heteroatoms. The van der Waals surface area contributed by atoms with Gasteiger partial charge in [0.15, 0.2) is 0 Å². The molecule has 0 unspecified atom stereocenters. The molecule has 15 heavy (non-hydrogen) atoms. The van der Waals surface area contributed by atoms with Gasteiger partial charge >= 0.3 is 0 Å². The molecule has 0 aliphatic carbocycles. The minimum atomic E-state index is -0.572. The SMILES string of the molecule is C[C@@H](O)COc1ccc(C(N)=O)cc1Cl. The maximum Gasteiger partial charge on any atom is 0.248 e. The molecule has 3 N–H and O–H groups in total. The Hall–Kier alpha value is -1.26. The quantitative estimate of drug-likeness (QED) is 0.815. The van der Waals surface area contributed by atoms with Crippen molar-refractivity contribution >= 4 is 17.5 Å². The molecule has 0 aliphatic heterocycles. The van der Waals surface area contributed by atoms with Crippen LogP contribution in [0.4, 0.5) is 0 Å². The number of nitrogens with two attached hydrogens (primary N) is 1. The fourth-order valence-electron chi connectivity index (χ4n) is 0.982. The number of benzene rings is 1. The molecule has 1 amide bonds. The Balaban J connectivity index is 2.79. The molecule has 82 valence electrons. The van der Waals surface area contributed by atoms with Gasteiger partial charge in [-0.1, -0.05) is 11.6 Å². The van der Waals surface area contributed by atoms with Crippen molar-refractivity contribution in [1.82, 2.24) is 0 Å². The summed E-state index contributed by atoms with van der Waals surface area (Å²) in [5, 5.41) is 9.30. The fraction of sp³-hybridized carbons (Fsp3) is 0.300. The largest absolute Gasteiger partial charge is 0.489 e. The summed E-state index contributed by atoms with van der Waals surface area (Å²) in [4.78, 5) is 10.8. The zero-order chi connectivity index (χ0) is 11.4. The van der Waals surface area contributed by atoms with Crippen LogP contribution in [0.3, 0.4) is 0 Å². The van der Waals surface area contributed by atoms with Gasteiger partial charge in [0, 0.05) is 5.56 Å². The van der Waals surface area contributed by atoms with Gasteiger partial charge in [0.05, 0.1) is 11.1 Å². The van der Waals surface area contributed by atoms with Crippen LogP contribution in [0, 0.1) is 0 Å². The van der Waals surface area contributed by atoms with Gasteiger partial charge in [-0.05, 0) is 25.1 Å². The number of primary amides is 1. The van der Waals surface area contributed by atoms with Crippen LogP contribution in [0.2, 0.25) is 5.02 Å². The van der Waals surface area contributed by atoms with E-state index < -0.39 is 12.0 Å². The van der Waals surface area contributed by atoms with E-state index in [1.165, 1.54) is 12.1 Å². The molecule has 0 bridgehead atoms. The second kappa shape index (κ2) is 5.00. The van der Waals surface area contributed by atoms with Crippen LogP contribution in [0.1, 0.15) is 17.3 Å². The summed E-state index contributed by atoms with van der Waals surface area (Å²) in [5.74, 6) is -0.124. The topological polar surface area (TPSA) is 72.6 Å². The van der Waals surface area contributed by atoms with Gasteiger partial charge in [0.1, 0.15) is 12.4 Å². The van der Waals surface area contributed by atoms with E-state index in [0.717, 1.165) is 0 Å². The lowest BCUT2D eigenvalue weighted by Gasteiger charge is -2.09. The lowest BCUT2D eigenvalue weighted by Crippen LogP contribution is -2.14. The van der Waals surface area contributed by atoms with Crippen molar-refractivity contribution in [1.29, 1.82) is 0 Å². The monoisotopic (exact) mass is 229 g/mol. The molecule has 0 fully saturated rings. The summed E-state index contributed by atoms with van der Waals surface area (Å²) >= 11 is 5.84. The smallest absolute Gasteiger partial charge is 0.248 e. The first-order valence-electron chi connectivity index (χ1n) is 4.41. The number of aliphatic hydroxyl groups is 1. The zero-order valence-corrected chi connectivity index (χ0v) is 8.99. The third-order valence-electron chi connectivity index (χ3n) is 1.70. The second-order valence-corrected chi connectivity index (χ2v) is 3.58. The molecule has 0 radical (unpaired) electrons. The minimum Gasteiger partial charge on any atom is -0.489 e. The average molecular weight is 230 g/mol. The number of amides is 1. The normalized spacial score (nSPS) is 12.2. The molecule has 0 saturated carbocycles. The van der Waals surface area contributed by atoms with E-state index >= 15 is 0 Å². The van der Waals surface area contributed by atoms with Gasteiger partial charge in [-0.25, -0.2) is 0 Å². The van der Waals surface area contributed by atoms with Crippen LogP contribution in [0.5, 0.6) is 5.75 Å². The van der Waals surface area contributed by atoms with Crippen LogP contribution >= 0.6 is 11.6 Å². The molecule has 0 aliphatic rings. The molecule has 4 nitrogen and oxygen atoms in total. The van der Waals surface area contributed by atoms with Crippen molar-refractivity contribution in [2.45, 2.75) is 13.0 Å². The Morgan fingerprint density at radius 1 is 1.67 bits per heavy atom. The molecule has 1 rings (SSSR count). The zero-order valence-electron chi connectivity index (χ0n) is 8.24. The number of aliphatic hydroxyl groups excluding tert-OH is 1. The van der Waals surface area contributed by atoms with E-state index in [0.29, 0.717) is 16.3 Å². The molecule has 0 saturated heterocycles. The number of hydrogen-bond acceptors (Lipinski definition) is 3. The summed E-state index contributed by atoms with van der Waals surface area (Å²) in [6.45, 7) is 1.75. The summed E-state index contributed by atoms with van der Waals surface area (Å²) < 4.78 is 5.20. The molecular weight excluding hydrogens is 218 g/mol. The number of carbonyl (C=O) groups excluding carboxylic acids is 1. The van der Waals surface area contributed by atoms with E-state index in [-0.39, 0.29) is 6.61 Å². The first-order chi connectivity index (χ1) is 7.00. The maximum atomic E-state index is 10.8. The third-order valence-corrected chi connectivity index (χ3v) is 1.99. The Labute approximate surface area is 92.6 Å². The number of halogens is 1. The van der Waals surface area contributed by atoms with E-state index in [9.17, 15) is 4.79 Å². The van der Waals surface area contributed by atoms with Gasteiger partial charge in [0.25, 0.3) is 0 Å². The number of rotatable bonds is 4. The molecule has 1 aromatic carbocycles.